The van der Waals surface area contributed by atoms with Gasteiger partial charge in [0, 0.05) is 9.13 Å². The number of fused-ring (bicyclic) bond motifs is 1. The zero-order chi connectivity index (χ0) is 15.1. The van der Waals surface area contributed by atoms with Crippen LogP contribution in [0.15, 0.2) is 44.0 Å². The molecule has 7 heteroatoms. The maximum absolute atomic E-state index is 14.0. The Balaban J connectivity index is 2.17. The summed E-state index contributed by atoms with van der Waals surface area (Å²) in [6, 6.07) is 7.62. The molecule has 1 heterocycles. The topological polar surface area (TPSA) is 35.1 Å². The second-order valence-electron chi connectivity index (χ2n) is 4.39. The van der Waals surface area contributed by atoms with Gasteiger partial charge in [0.2, 0.25) is 0 Å². The van der Waals surface area contributed by atoms with Crippen molar-refractivity contribution in [1.29, 1.82) is 0 Å². The molecule has 0 fully saturated rings. The largest absolute Gasteiger partial charge is 0.420 e. The Morgan fingerprint density at radius 3 is 2.76 bits per heavy atom. The molecule has 108 valence electrons. The smallest absolute Gasteiger partial charge is 0.408 e. The normalized spacial score (nSPS) is 11.2. The van der Waals surface area contributed by atoms with E-state index in [9.17, 15) is 13.6 Å². The highest BCUT2D eigenvalue weighted by Crippen LogP contribution is 2.24. The molecule has 3 aromatic rings. The van der Waals surface area contributed by atoms with E-state index >= 15 is 0 Å². The van der Waals surface area contributed by atoms with E-state index in [2.05, 4.69) is 38.5 Å². The van der Waals surface area contributed by atoms with Crippen LogP contribution in [0, 0.1) is 15.2 Å². The van der Waals surface area contributed by atoms with Gasteiger partial charge in [0.25, 0.3) is 0 Å². The lowest BCUT2D eigenvalue weighted by molar-refractivity contribution is 0.498. The molecule has 0 bridgehead atoms. The number of hydrogen-bond acceptors (Lipinski definition) is 2. The first-order valence-corrected chi connectivity index (χ1v) is 7.76. The van der Waals surface area contributed by atoms with Gasteiger partial charge in [-0.15, -0.1) is 0 Å². The Kier molecular flexibility index (Phi) is 3.87. The van der Waals surface area contributed by atoms with Gasteiger partial charge in [0.05, 0.1) is 16.5 Å². The quantitative estimate of drug-likeness (QED) is 0.418. The van der Waals surface area contributed by atoms with Crippen LogP contribution in [-0.2, 0) is 6.54 Å². The molecule has 21 heavy (non-hydrogen) atoms. The van der Waals surface area contributed by atoms with Crippen molar-refractivity contribution in [1.82, 2.24) is 4.57 Å². The highest BCUT2D eigenvalue weighted by atomic mass is 127. The molecule has 0 radical (unpaired) electrons. The lowest BCUT2D eigenvalue weighted by Crippen LogP contribution is -2.16. The van der Waals surface area contributed by atoms with Gasteiger partial charge in [-0.1, -0.05) is 0 Å². The van der Waals surface area contributed by atoms with Crippen molar-refractivity contribution in [3.05, 3.63) is 66.1 Å². The average Bonchev–Trinajstić information content (AvgIpc) is 2.74. The third-order valence-electron chi connectivity index (χ3n) is 3.09. The van der Waals surface area contributed by atoms with E-state index in [1.165, 1.54) is 10.6 Å². The second-order valence-corrected chi connectivity index (χ2v) is 6.49. The van der Waals surface area contributed by atoms with Crippen LogP contribution < -0.4 is 5.76 Å². The summed E-state index contributed by atoms with van der Waals surface area (Å²) in [5.74, 6) is -2.07. The van der Waals surface area contributed by atoms with Crippen LogP contribution >= 0.6 is 38.5 Å². The van der Waals surface area contributed by atoms with E-state index in [1.807, 2.05) is 0 Å². The van der Waals surface area contributed by atoms with E-state index in [4.69, 9.17) is 4.42 Å². The Morgan fingerprint density at radius 1 is 1.24 bits per heavy atom. The second kappa shape index (κ2) is 5.53. The van der Waals surface area contributed by atoms with Gasteiger partial charge in [0.1, 0.15) is 11.6 Å². The molecule has 0 unspecified atom stereocenters. The van der Waals surface area contributed by atoms with E-state index in [1.54, 1.807) is 18.2 Å². The number of oxazole rings is 1. The minimum Gasteiger partial charge on any atom is -0.408 e. The minimum absolute atomic E-state index is 0.147. The summed E-state index contributed by atoms with van der Waals surface area (Å²) >= 11 is 5.10. The summed E-state index contributed by atoms with van der Waals surface area (Å²) in [5.41, 5.74) is 0.703. The molecule has 0 saturated carbocycles. The first kappa shape index (κ1) is 14.7. The lowest BCUT2D eigenvalue weighted by Gasteiger charge is -2.07. The fraction of sp³-hybridized carbons (Fsp3) is 0.0714. The molecule has 0 aliphatic rings. The number of aromatic nitrogens is 1. The predicted molar refractivity (Wildman–Crippen MR) is 86.4 cm³/mol. The molecule has 0 amide bonds. The van der Waals surface area contributed by atoms with Gasteiger partial charge < -0.3 is 4.42 Å². The number of hydrogen-bond donors (Lipinski definition) is 0. The molecular formula is C14H7BrF2INO2. The summed E-state index contributed by atoms with van der Waals surface area (Å²) in [4.78, 5) is 11.9. The van der Waals surface area contributed by atoms with E-state index in [0.717, 1.165) is 9.64 Å². The van der Waals surface area contributed by atoms with E-state index in [-0.39, 0.29) is 16.6 Å². The van der Waals surface area contributed by atoms with Crippen LogP contribution in [0.1, 0.15) is 5.56 Å². The minimum atomic E-state index is -0.721. The van der Waals surface area contributed by atoms with Crippen molar-refractivity contribution in [3.63, 3.8) is 0 Å². The first-order valence-electron chi connectivity index (χ1n) is 5.88. The fourth-order valence-corrected chi connectivity index (χ4v) is 2.90. The molecule has 0 atom stereocenters. The van der Waals surface area contributed by atoms with Crippen LogP contribution in [0.3, 0.4) is 0 Å². The number of nitrogens with zero attached hydrogens (tertiary/aromatic N) is 1. The van der Waals surface area contributed by atoms with E-state index < -0.39 is 17.4 Å². The van der Waals surface area contributed by atoms with Gasteiger partial charge >= 0.3 is 5.76 Å². The average molecular weight is 466 g/mol. The molecule has 2 aromatic carbocycles. The van der Waals surface area contributed by atoms with Crippen LogP contribution in [0.5, 0.6) is 0 Å². The molecule has 0 spiro atoms. The highest BCUT2D eigenvalue weighted by Gasteiger charge is 2.17. The van der Waals surface area contributed by atoms with Crippen LogP contribution in [0.2, 0.25) is 0 Å². The third kappa shape index (κ3) is 2.64. The third-order valence-corrected chi connectivity index (χ3v) is 4.37. The van der Waals surface area contributed by atoms with E-state index in [0.29, 0.717) is 11.1 Å². The van der Waals surface area contributed by atoms with Crippen molar-refractivity contribution < 1.29 is 13.2 Å². The molecule has 0 aliphatic heterocycles. The van der Waals surface area contributed by atoms with Crippen molar-refractivity contribution in [2.24, 2.45) is 0 Å². The van der Waals surface area contributed by atoms with Gasteiger partial charge in [-0.2, -0.15) is 0 Å². The van der Waals surface area contributed by atoms with Crippen LogP contribution in [-0.4, -0.2) is 4.57 Å². The van der Waals surface area contributed by atoms with Crippen molar-refractivity contribution in [3.8, 4) is 0 Å². The van der Waals surface area contributed by atoms with Crippen LogP contribution in [0.4, 0.5) is 8.78 Å². The fourth-order valence-electron chi connectivity index (χ4n) is 2.06. The van der Waals surface area contributed by atoms with Gasteiger partial charge in [0.15, 0.2) is 5.58 Å². The summed E-state index contributed by atoms with van der Waals surface area (Å²) in [7, 11) is 0. The molecule has 1 aromatic heterocycles. The summed E-state index contributed by atoms with van der Waals surface area (Å²) < 4.78 is 35.2. The lowest BCUT2D eigenvalue weighted by atomic mass is 10.2. The number of rotatable bonds is 2. The maximum atomic E-state index is 14.0. The summed E-state index contributed by atoms with van der Waals surface area (Å²) in [6.07, 6.45) is 0. The highest BCUT2D eigenvalue weighted by molar-refractivity contribution is 14.1. The van der Waals surface area contributed by atoms with Gasteiger partial charge in [-0.05, 0) is 68.9 Å². The van der Waals surface area contributed by atoms with Gasteiger partial charge in [-0.3, -0.25) is 4.57 Å². The monoisotopic (exact) mass is 465 g/mol. The van der Waals surface area contributed by atoms with Crippen molar-refractivity contribution in [2.75, 3.05) is 0 Å². The zero-order valence-corrected chi connectivity index (χ0v) is 14.1. The SMILES string of the molecule is O=c1oc2cc(I)ccc2n1Cc1c(F)ccc(Br)c1F. The standard InChI is InChI=1S/C14H7BrF2INO2/c15-9-2-3-10(16)8(13(9)17)6-19-11-4-1-7(18)5-12(11)21-14(19)20/h1-5H,6H2. The van der Waals surface area contributed by atoms with Crippen molar-refractivity contribution in [2.45, 2.75) is 6.54 Å². The Morgan fingerprint density at radius 2 is 2.00 bits per heavy atom. The molecule has 0 N–H and O–H groups in total. The molecule has 3 rings (SSSR count). The first-order chi connectivity index (χ1) is 9.97. The molecule has 0 aliphatic carbocycles. The predicted octanol–water partition coefficient (Wildman–Crippen LogP) is 4.29. The van der Waals surface area contributed by atoms with Gasteiger partial charge in [-0.25, -0.2) is 13.6 Å². The number of halogens is 4. The summed E-state index contributed by atoms with van der Waals surface area (Å²) in [6.45, 7) is -0.233. The summed E-state index contributed by atoms with van der Waals surface area (Å²) in [5, 5.41) is 0. The van der Waals surface area contributed by atoms with Crippen LogP contribution in [0.25, 0.3) is 11.1 Å². The Bertz CT molecular complexity index is 904. The van der Waals surface area contributed by atoms with Crippen molar-refractivity contribution >= 4 is 49.6 Å². The maximum Gasteiger partial charge on any atom is 0.420 e. The Hall–Kier alpha value is -1.22. The Labute approximate surface area is 139 Å². The molecule has 0 saturated heterocycles. The molecule has 3 nitrogen and oxygen atoms in total. The molecular weight excluding hydrogens is 459 g/mol. The number of benzene rings is 2. The zero-order valence-electron chi connectivity index (χ0n) is 10.4.